The van der Waals surface area contributed by atoms with Gasteiger partial charge in [0.25, 0.3) is 0 Å². The van der Waals surface area contributed by atoms with Crippen LogP contribution in [0, 0.1) is 0 Å². The maximum atomic E-state index is 11.3. The van der Waals surface area contributed by atoms with Crippen LogP contribution < -0.4 is 10.6 Å². The molecule has 8 nitrogen and oxygen atoms in total. The molecule has 0 unspecified atom stereocenters. The molecule has 1 aliphatic heterocycles. The highest BCUT2D eigenvalue weighted by Crippen LogP contribution is 2.34. The molecule has 9 heteroatoms. The molecular formula is C14H31N4O4P. The highest BCUT2D eigenvalue weighted by molar-refractivity contribution is 7.51. The van der Waals surface area contributed by atoms with E-state index in [0.717, 1.165) is 45.6 Å². The van der Waals surface area contributed by atoms with E-state index in [1.54, 1.807) is 6.92 Å². The molecule has 0 aliphatic carbocycles. The Morgan fingerprint density at radius 3 is 2.00 bits per heavy atom. The fraction of sp³-hybridized carbons (Fsp3) is 0.929. The Bertz CT molecular complexity index is 375. The van der Waals surface area contributed by atoms with Crippen LogP contribution in [-0.4, -0.2) is 90.6 Å². The van der Waals surface area contributed by atoms with Gasteiger partial charge in [0.05, 0.1) is 6.54 Å². The number of rotatable bonds is 4. The van der Waals surface area contributed by atoms with Crippen molar-refractivity contribution in [2.75, 3.05) is 65.2 Å². The average molecular weight is 350 g/mol. The van der Waals surface area contributed by atoms with Crippen LogP contribution in [0.5, 0.6) is 0 Å². The summed E-state index contributed by atoms with van der Waals surface area (Å²) in [6, 6.07) is 0. The lowest BCUT2D eigenvalue weighted by atomic mass is 10.3. The number of ketones is 1. The summed E-state index contributed by atoms with van der Waals surface area (Å²) in [5, 5.41) is 6.64. The van der Waals surface area contributed by atoms with Gasteiger partial charge in [0.1, 0.15) is 12.1 Å². The predicted molar refractivity (Wildman–Crippen MR) is 90.6 cm³/mol. The van der Waals surface area contributed by atoms with Gasteiger partial charge in [-0.3, -0.25) is 19.2 Å². The van der Waals surface area contributed by atoms with E-state index < -0.39 is 7.60 Å². The summed E-state index contributed by atoms with van der Waals surface area (Å²) in [5.41, 5.74) is 0. The largest absolute Gasteiger partial charge is 0.339 e. The highest BCUT2D eigenvalue weighted by Gasteiger charge is 2.18. The number of hydrogen-bond donors (Lipinski definition) is 4. The summed E-state index contributed by atoms with van der Waals surface area (Å²) in [5.74, 6) is 0.187. The lowest BCUT2D eigenvalue weighted by Crippen LogP contribution is -2.39. The molecule has 0 bridgehead atoms. The van der Waals surface area contributed by atoms with E-state index in [-0.39, 0.29) is 12.1 Å². The van der Waals surface area contributed by atoms with Crippen molar-refractivity contribution in [3.8, 4) is 0 Å². The Kier molecular flexibility index (Phi) is 10.1. The zero-order chi connectivity index (χ0) is 17.1. The van der Waals surface area contributed by atoms with Crippen LogP contribution in [0.3, 0.4) is 0 Å². The predicted octanol–water partition coefficient (Wildman–Crippen LogP) is -0.712. The molecule has 0 aromatic rings. The van der Waals surface area contributed by atoms with E-state index in [1.807, 2.05) is 4.90 Å². The molecule has 0 aromatic carbocycles. The van der Waals surface area contributed by atoms with E-state index >= 15 is 0 Å². The molecule has 0 radical (unpaired) electrons. The zero-order valence-electron chi connectivity index (χ0n) is 14.0. The second-order valence-corrected chi connectivity index (χ2v) is 7.72. The minimum absolute atomic E-state index is 0.179. The molecule has 0 amide bonds. The van der Waals surface area contributed by atoms with Crippen LogP contribution in [0.1, 0.15) is 19.8 Å². The van der Waals surface area contributed by atoms with Crippen molar-refractivity contribution in [2.45, 2.75) is 19.8 Å². The van der Waals surface area contributed by atoms with Crippen LogP contribution in [-0.2, 0) is 9.36 Å². The molecule has 1 saturated heterocycles. The molecule has 1 heterocycles. The maximum Gasteiger partial charge on any atom is 0.339 e. The molecular weight excluding hydrogens is 319 g/mol. The average Bonchev–Trinajstić information content (AvgIpc) is 2.42. The van der Waals surface area contributed by atoms with Crippen LogP contribution in [0.15, 0.2) is 0 Å². The molecule has 1 fully saturated rings. The quantitative estimate of drug-likeness (QED) is 0.493. The summed E-state index contributed by atoms with van der Waals surface area (Å²) in [6.45, 7) is 8.29. The number of hydrogen-bond acceptors (Lipinski definition) is 6. The minimum atomic E-state index is -4.01. The highest BCUT2D eigenvalue weighted by atomic mass is 31.2. The molecule has 0 atom stereocenters. The number of carbonyl (C=O) groups excluding carboxylic acids is 1. The fourth-order valence-electron chi connectivity index (χ4n) is 2.68. The zero-order valence-corrected chi connectivity index (χ0v) is 14.9. The molecule has 0 saturated carbocycles. The normalized spacial score (nSPS) is 21.7. The first-order valence-electron chi connectivity index (χ1n) is 8.27. The summed E-state index contributed by atoms with van der Waals surface area (Å²) in [7, 11) is -4.01. The lowest BCUT2D eigenvalue weighted by Gasteiger charge is -2.25. The minimum Gasteiger partial charge on any atom is -0.324 e. The Hall–Kier alpha value is -0.340. The van der Waals surface area contributed by atoms with E-state index in [0.29, 0.717) is 26.2 Å². The monoisotopic (exact) mass is 350 g/mol. The summed E-state index contributed by atoms with van der Waals surface area (Å²) in [4.78, 5) is 33.6. The van der Waals surface area contributed by atoms with Crippen molar-refractivity contribution in [3.05, 3.63) is 0 Å². The Balaban J connectivity index is 2.42. The molecule has 1 aliphatic rings. The van der Waals surface area contributed by atoms with Gasteiger partial charge in [0.15, 0.2) is 0 Å². The fourth-order valence-corrected chi connectivity index (χ4v) is 3.48. The molecule has 0 aromatic heterocycles. The van der Waals surface area contributed by atoms with Crippen LogP contribution in [0.4, 0.5) is 0 Å². The van der Waals surface area contributed by atoms with Gasteiger partial charge in [-0.15, -0.1) is 0 Å². The van der Waals surface area contributed by atoms with Gasteiger partial charge in [-0.25, -0.2) is 0 Å². The first-order valence-corrected chi connectivity index (χ1v) is 10.1. The Morgan fingerprint density at radius 1 is 0.957 bits per heavy atom. The van der Waals surface area contributed by atoms with Gasteiger partial charge in [0.2, 0.25) is 0 Å². The third-order valence-corrected chi connectivity index (χ3v) is 4.46. The van der Waals surface area contributed by atoms with Gasteiger partial charge in [-0.1, -0.05) is 0 Å². The summed E-state index contributed by atoms with van der Waals surface area (Å²) in [6.07, 6.45) is 1.61. The summed E-state index contributed by atoms with van der Waals surface area (Å²) >= 11 is 0. The number of nitrogens with zero attached hydrogens (tertiary/aromatic N) is 2. The van der Waals surface area contributed by atoms with Crippen LogP contribution in [0.2, 0.25) is 0 Å². The third-order valence-electron chi connectivity index (χ3n) is 3.70. The number of Topliss-reactive ketones (excluding diaryl/α,β-unsaturated/α-hetero) is 1. The number of nitrogens with one attached hydrogen (secondary N) is 2. The van der Waals surface area contributed by atoms with Gasteiger partial charge >= 0.3 is 7.60 Å². The van der Waals surface area contributed by atoms with E-state index in [2.05, 4.69) is 15.5 Å². The SMILES string of the molecule is CC(=O)CN1CCCNCCN(CP(=O)(O)O)CCCNCC1. The van der Waals surface area contributed by atoms with Crippen molar-refractivity contribution >= 4 is 13.4 Å². The Morgan fingerprint density at radius 2 is 1.48 bits per heavy atom. The molecule has 1 rings (SSSR count). The Labute approximate surface area is 138 Å². The molecule has 4 N–H and O–H groups in total. The molecule has 0 spiro atoms. The van der Waals surface area contributed by atoms with Crippen molar-refractivity contribution in [2.24, 2.45) is 0 Å². The standard InChI is InChI=1S/C14H31N4O4P/c1-14(19)12-17-8-2-4-16-7-11-18(13-23(20,21)22)9-3-5-15-6-10-17/h15-16H,2-13H2,1H3,(H2,20,21,22). The van der Waals surface area contributed by atoms with E-state index in [4.69, 9.17) is 9.79 Å². The van der Waals surface area contributed by atoms with Crippen molar-refractivity contribution in [1.82, 2.24) is 20.4 Å². The van der Waals surface area contributed by atoms with E-state index in [1.165, 1.54) is 0 Å². The molecule has 23 heavy (non-hydrogen) atoms. The first kappa shape index (κ1) is 20.7. The topological polar surface area (TPSA) is 105 Å². The van der Waals surface area contributed by atoms with Gasteiger partial charge < -0.3 is 20.4 Å². The third kappa shape index (κ3) is 11.8. The summed E-state index contributed by atoms with van der Waals surface area (Å²) < 4.78 is 11.2. The van der Waals surface area contributed by atoms with Crippen molar-refractivity contribution in [1.29, 1.82) is 0 Å². The van der Waals surface area contributed by atoms with Gasteiger partial charge in [-0.05, 0) is 39.4 Å². The van der Waals surface area contributed by atoms with Crippen LogP contribution >= 0.6 is 7.60 Å². The van der Waals surface area contributed by atoms with Crippen LogP contribution in [0.25, 0.3) is 0 Å². The molecule has 136 valence electrons. The second kappa shape index (κ2) is 11.3. The second-order valence-electron chi connectivity index (χ2n) is 6.11. The maximum absolute atomic E-state index is 11.3. The first-order chi connectivity index (χ1) is 10.9. The van der Waals surface area contributed by atoms with E-state index in [9.17, 15) is 9.36 Å². The number of carbonyl (C=O) groups is 1. The lowest BCUT2D eigenvalue weighted by molar-refractivity contribution is -0.118. The smallest absolute Gasteiger partial charge is 0.324 e. The van der Waals surface area contributed by atoms with Gasteiger partial charge in [-0.2, -0.15) is 0 Å². The van der Waals surface area contributed by atoms with Gasteiger partial charge in [0, 0.05) is 32.7 Å². The van der Waals surface area contributed by atoms with Crippen molar-refractivity contribution in [3.63, 3.8) is 0 Å². The van der Waals surface area contributed by atoms with Crippen molar-refractivity contribution < 1.29 is 19.1 Å².